The summed E-state index contributed by atoms with van der Waals surface area (Å²) in [6.45, 7) is 2.02. The lowest BCUT2D eigenvalue weighted by atomic mass is 10.0. The number of carbonyl (C=O) groups is 2. The highest BCUT2D eigenvalue weighted by Crippen LogP contribution is 2.30. The van der Waals surface area contributed by atoms with Crippen LogP contribution in [0.4, 0.5) is 0 Å². The molecule has 146 valence electrons. The molecule has 5 nitrogen and oxygen atoms in total. The minimum absolute atomic E-state index is 0.117. The molecule has 0 saturated carbocycles. The molecule has 3 aromatic carbocycles. The van der Waals surface area contributed by atoms with Crippen LogP contribution in [-0.2, 0) is 16.0 Å². The second kappa shape index (κ2) is 8.41. The van der Waals surface area contributed by atoms with E-state index in [2.05, 4.69) is 10.9 Å². The number of benzene rings is 3. The molecule has 0 atom stereocenters. The molecule has 2 N–H and O–H groups in total. The van der Waals surface area contributed by atoms with Crippen LogP contribution in [0.1, 0.15) is 11.1 Å². The summed E-state index contributed by atoms with van der Waals surface area (Å²) in [5.41, 5.74) is 7.66. The molecule has 4 aromatic rings. The van der Waals surface area contributed by atoms with Crippen LogP contribution < -0.4 is 10.9 Å². The Morgan fingerprint density at radius 2 is 1.69 bits per heavy atom. The van der Waals surface area contributed by atoms with Gasteiger partial charge >= 0.3 is 0 Å². The summed E-state index contributed by atoms with van der Waals surface area (Å²) in [7, 11) is 0. The van der Waals surface area contributed by atoms with Gasteiger partial charge in [-0.2, -0.15) is 0 Å². The molecular weight excluding hydrogens is 384 g/mol. The van der Waals surface area contributed by atoms with E-state index in [9.17, 15) is 9.59 Å². The van der Waals surface area contributed by atoms with Crippen LogP contribution >= 0.6 is 11.8 Å². The molecule has 0 spiro atoms. The second-order valence-corrected chi connectivity index (χ2v) is 7.84. The van der Waals surface area contributed by atoms with Crippen molar-refractivity contribution in [1.82, 2.24) is 10.9 Å². The third-order valence-corrected chi connectivity index (χ3v) is 5.64. The van der Waals surface area contributed by atoms with Gasteiger partial charge in [-0.3, -0.25) is 20.4 Å². The fourth-order valence-corrected chi connectivity index (χ4v) is 3.88. The third kappa shape index (κ3) is 4.43. The zero-order valence-corrected chi connectivity index (χ0v) is 16.7. The van der Waals surface area contributed by atoms with Crippen molar-refractivity contribution in [1.29, 1.82) is 0 Å². The van der Waals surface area contributed by atoms with Crippen molar-refractivity contribution in [2.45, 2.75) is 18.2 Å². The van der Waals surface area contributed by atoms with Gasteiger partial charge in [0.05, 0.1) is 18.4 Å². The van der Waals surface area contributed by atoms with E-state index in [1.54, 1.807) is 6.26 Å². The standard InChI is InChI=1S/C23H20N2O3S/c1-15-6-9-18(10-7-15)29-14-22(27)25-24-21(26)12-17-13-28-20-11-8-16-4-2-3-5-19(16)23(17)20/h2-11,13H,12,14H2,1H3,(H,24,26)(H,25,27). The first-order chi connectivity index (χ1) is 14.1. The third-order valence-electron chi connectivity index (χ3n) is 4.62. The summed E-state index contributed by atoms with van der Waals surface area (Å²) >= 11 is 1.42. The average molecular weight is 404 g/mol. The quantitative estimate of drug-likeness (QED) is 0.383. The van der Waals surface area contributed by atoms with E-state index in [4.69, 9.17) is 4.42 Å². The number of aryl methyl sites for hydroxylation is 1. The first-order valence-electron chi connectivity index (χ1n) is 9.25. The molecule has 6 heteroatoms. The van der Waals surface area contributed by atoms with Gasteiger partial charge in [0.15, 0.2) is 0 Å². The van der Waals surface area contributed by atoms with Crippen molar-refractivity contribution in [2.24, 2.45) is 0 Å². The lowest BCUT2D eigenvalue weighted by Crippen LogP contribution is -2.43. The molecule has 0 unspecified atom stereocenters. The number of thioether (sulfide) groups is 1. The SMILES string of the molecule is Cc1ccc(SCC(=O)NNC(=O)Cc2coc3ccc4ccccc4c23)cc1. The molecule has 1 aromatic heterocycles. The van der Waals surface area contributed by atoms with E-state index in [0.717, 1.165) is 32.2 Å². The first-order valence-corrected chi connectivity index (χ1v) is 10.2. The van der Waals surface area contributed by atoms with E-state index in [1.807, 2.05) is 67.6 Å². The van der Waals surface area contributed by atoms with Gasteiger partial charge in [-0.05, 0) is 35.9 Å². The minimum atomic E-state index is -0.297. The molecule has 2 amide bonds. The summed E-state index contributed by atoms with van der Waals surface area (Å²) < 4.78 is 5.61. The van der Waals surface area contributed by atoms with Crippen molar-refractivity contribution < 1.29 is 14.0 Å². The molecule has 0 aliphatic rings. The van der Waals surface area contributed by atoms with Gasteiger partial charge in [0.2, 0.25) is 11.8 Å². The zero-order valence-electron chi connectivity index (χ0n) is 15.9. The topological polar surface area (TPSA) is 71.3 Å². The van der Waals surface area contributed by atoms with Crippen LogP contribution in [0, 0.1) is 6.92 Å². The van der Waals surface area contributed by atoms with Crippen molar-refractivity contribution in [3.05, 3.63) is 78.1 Å². The second-order valence-electron chi connectivity index (χ2n) is 6.80. The highest BCUT2D eigenvalue weighted by atomic mass is 32.2. The Balaban J connectivity index is 1.35. The summed E-state index contributed by atoms with van der Waals surface area (Å²) in [4.78, 5) is 25.4. The highest BCUT2D eigenvalue weighted by molar-refractivity contribution is 8.00. The van der Waals surface area contributed by atoms with Crippen LogP contribution in [0.5, 0.6) is 0 Å². The summed E-state index contributed by atoms with van der Waals surface area (Å²) in [6.07, 6.45) is 1.72. The van der Waals surface area contributed by atoms with Gasteiger partial charge in [0, 0.05) is 15.8 Å². The lowest BCUT2D eigenvalue weighted by Gasteiger charge is -2.07. The Morgan fingerprint density at radius 3 is 2.52 bits per heavy atom. The number of fused-ring (bicyclic) bond motifs is 3. The van der Waals surface area contributed by atoms with Crippen LogP contribution in [0.3, 0.4) is 0 Å². The van der Waals surface area contributed by atoms with Gasteiger partial charge in [-0.1, -0.05) is 48.0 Å². The smallest absolute Gasteiger partial charge is 0.248 e. The Morgan fingerprint density at radius 1 is 0.931 bits per heavy atom. The number of nitrogens with one attached hydrogen (secondary N) is 2. The largest absolute Gasteiger partial charge is 0.464 e. The molecule has 0 aliphatic heterocycles. The van der Waals surface area contributed by atoms with Crippen LogP contribution in [0.15, 0.2) is 76.2 Å². The van der Waals surface area contributed by atoms with Gasteiger partial charge in [-0.25, -0.2) is 0 Å². The number of hydrazine groups is 1. The Kier molecular flexibility index (Phi) is 5.53. The zero-order chi connectivity index (χ0) is 20.2. The number of carbonyl (C=O) groups excluding carboxylic acids is 2. The predicted octanol–water partition coefficient (Wildman–Crippen LogP) is 4.38. The Bertz CT molecular complexity index is 1180. The maximum atomic E-state index is 12.3. The molecule has 4 rings (SSSR count). The predicted molar refractivity (Wildman–Crippen MR) is 116 cm³/mol. The first kappa shape index (κ1) is 19.1. The fourth-order valence-electron chi connectivity index (χ4n) is 3.18. The van der Waals surface area contributed by atoms with Gasteiger partial charge in [-0.15, -0.1) is 11.8 Å². The highest BCUT2D eigenvalue weighted by Gasteiger charge is 2.13. The Labute approximate surface area is 172 Å². The molecule has 0 saturated heterocycles. The average Bonchev–Trinajstić information content (AvgIpc) is 3.15. The molecule has 29 heavy (non-hydrogen) atoms. The molecule has 0 radical (unpaired) electrons. The van der Waals surface area contributed by atoms with Crippen LogP contribution in [-0.4, -0.2) is 17.6 Å². The van der Waals surface area contributed by atoms with Crippen molar-refractivity contribution in [2.75, 3.05) is 5.75 Å². The maximum Gasteiger partial charge on any atom is 0.248 e. The van der Waals surface area contributed by atoms with Crippen molar-refractivity contribution in [3.63, 3.8) is 0 Å². The van der Waals surface area contributed by atoms with Crippen molar-refractivity contribution >= 4 is 45.3 Å². The minimum Gasteiger partial charge on any atom is -0.464 e. The molecule has 0 fully saturated rings. The lowest BCUT2D eigenvalue weighted by molar-refractivity contribution is -0.127. The van der Waals surface area contributed by atoms with Crippen LogP contribution in [0.2, 0.25) is 0 Å². The summed E-state index contributed by atoms with van der Waals surface area (Å²) in [5, 5.41) is 3.06. The Hall–Kier alpha value is -3.25. The number of furan rings is 1. The van der Waals surface area contributed by atoms with Crippen molar-refractivity contribution in [3.8, 4) is 0 Å². The van der Waals surface area contributed by atoms with Crippen LogP contribution in [0.25, 0.3) is 21.7 Å². The molecule has 1 heterocycles. The molecule has 0 aliphatic carbocycles. The van der Waals surface area contributed by atoms with E-state index in [1.165, 1.54) is 17.3 Å². The van der Waals surface area contributed by atoms with E-state index < -0.39 is 0 Å². The number of hydrogen-bond acceptors (Lipinski definition) is 4. The van der Waals surface area contributed by atoms with E-state index in [0.29, 0.717) is 0 Å². The number of rotatable bonds is 5. The van der Waals surface area contributed by atoms with Gasteiger partial charge in [0.25, 0.3) is 0 Å². The summed E-state index contributed by atoms with van der Waals surface area (Å²) in [6, 6.07) is 19.8. The van der Waals surface area contributed by atoms with Gasteiger partial charge in [0.1, 0.15) is 5.58 Å². The van der Waals surface area contributed by atoms with Gasteiger partial charge < -0.3 is 4.42 Å². The van der Waals surface area contributed by atoms with E-state index in [-0.39, 0.29) is 24.0 Å². The normalized spacial score (nSPS) is 10.9. The molecule has 0 bridgehead atoms. The maximum absolute atomic E-state index is 12.3. The summed E-state index contributed by atoms with van der Waals surface area (Å²) in [5.74, 6) is -0.330. The fraction of sp³-hybridized carbons (Fsp3) is 0.130. The van der Waals surface area contributed by atoms with E-state index >= 15 is 0 Å². The molecular formula is C23H20N2O3S. The monoisotopic (exact) mass is 404 g/mol. The number of hydrogen-bond donors (Lipinski definition) is 2. The number of amides is 2.